The number of benzene rings is 2. The molecule has 1 atom stereocenters. The number of carbonyl (C=O) groups excluding carboxylic acids is 1. The van der Waals surface area contributed by atoms with Crippen LogP contribution in [-0.2, 0) is 26.9 Å². The maximum atomic E-state index is 13.8. The molecule has 20 heteroatoms. The van der Waals surface area contributed by atoms with Gasteiger partial charge in [0.15, 0.2) is 6.10 Å². The number of ether oxygens (including phenoxy) is 3. The number of rotatable bonds is 16. The van der Waals surface area contributed by atoms with Gasteiger partial charge in [-0.1, -0.05) is 12.1 Å². The Balaban J connectivity index is 2.14. The second-order valence-corrected chi connectivity index (χ2v) is 9.48. The molecule has 0 fully saturated rings. The van der Waals surface area contributed by atoms with Crippen LogP contribution in [0.5, 0.6) is 5.75 Å². The number of alkyl halides is 12. The highest BCUT2D eigenvalue weighted by Crippen LogP contribution is 2.53. The van der Waals surface area contributed by atoms with Gasteiger partial charge < -0.3 is 29.5 Å². The molecule has 0 aromatic heterocycles. The van der Waals surface area contributed by atoms with E-state index in [9.17, 15) is 67.4 Å². The van der Waals surface area contributed by atoms with Gasteiger partial charge in [-0.2, -0.15) is 52.7 Å². The van der Waals surface area contributed by atoms with Crippen LogP contribution in [0.3, 0.4) is 0 Å². The molecule has 1 unspecified atom stereocenters. The van der Waals surface area contributed by atoms with E-state index in [1.165, 1.54) is 24.3 Å². The summed E-state index contributed by atoms with van der Waals surface area (Å²) in [6.45, 7) is -2.19. The molecule has 0 saturated carbocycles. The van der Waals surface area contributed by atoms with E-state index < -0.39 is 80.3 Å². The second kappa shape index (κ2) is 15.3. The fraction of sp³-hybridized carbons (Fsp3) is 0.481. The highest BCUT2D eigenvalue weighted by atomic mass is 19.4. The predicted octanol–water partition coefficient (Wildman–Crippen LogP) is 7.09. The maximum absolute atomic E-state index is 13.8. The molecule has 0 aliphatic heterocycles. The molecule has 0 spiro atoms. The summed E-state index contributed by atoms with van der Waals surface area (Å²) in [6.07, 6.45) is -19.3. The third-order valence-electron chi connectivity index (χ3n) is 6.13. The van der Waals surface area contributed by atoms with Crippen molar-refractivity contribution in [1.82, 2.24) is 4.90 Å². The number of nitrogens with one attached hydrogen (secondary N) is 1. The highest BCUT2D eigenvalue weighted by Gasteiger charge is 2.82. The quantitative estimate of drug-likeness (QED) is 0.182. The molecule has 0 aliphatic rings. The minimum Gasteiger partial charge on any atom is -0.492 e. The Bertz CT molecular complexity index is 1320. The lowest BCUT2D eigenvalue weighted by Crippen LogP contribution is -2.62. The van der Waals surface area contributed by atoms with Gasteiger partial charge in [-0.15, -0.1) is 0 Å². The Hall–Kier alpha value is -3.94. The van der Waals surface area contributed by atoms with Crippen molar-refractivity contribution in [2.45, 2.75) is 49.8 Å². The smallest absolute Gasteiger partial charge is 0.460 e. The van der Waals surface area contributed by atoms with Gasteiger partial charge in [0.1, 0.15) is 12.4 Å². The molecule has 0 saturated heterocycles. The molecule has 8 nitrogen and oxygen atoms in total. The lowest BCUT2D eigenvalue weighted by atomic mass is 10.1. The monoisotopic (exact) mass is 702 g/mol. The van der Waals surface area contributed by atoms with Gasteiger partial charge in [0.05, 0.1) is 18.7 Å². The van der Waals surface area contributed by atoms with Crippen LogP contribution in [0, 0.1) is 0 Å². The van der Waals surface area contributed by atoms with E-state index in [2.05, 4.69) is 10.1 Å². The molecule has 47 heavy (non-hydrogen) atoms. The third-order valence-corrected chi connectivity index (χ3v) is 6.13. The summed E-state index contributed by atoms with van der Waals surface area (Å²) in [4.78, 5) is 24.5. The van der Waals surface area contributed by atoms with Gasteiger partial charge in [-0.3, -0.25) is 0 Å². The van der Waals surface area contributed by atoms with E-state index in [1.54, 1.807) is 6.92 Å². The summed E-state index contributed by atoms with van der Waals surface area (Å²) in [6, 6.07) is 7.18. The molecular formula is C27H26F12N2O6. The average molecular weight is 702 g/mol. The normalized spacial score (nSPS) is 13.6. The number of hydrogen-bond donors (Lipinski definition) is 2. The largest absolute Gasteiger partial charge is 0.492 e. The fourth-order valence-electron chi connectivity index (χ4n) is 3.62. The Morgan fingerprint density at radius 1 is 0.809 bits per heavy atom. The molecule has 0 aliphatic carbocycles. The molecule has 2 aromatic rings. The van der Waals surface area contributed by atoms with E-state index in [1.807, 2.05) is 0 Å². The molecule has 2 rings (SSSR count). The zero-order valence-electron chi connectivity index (χ0n) is 23.9. The number of halogens is 12. The van der Waals surface area contributed by atoms with Crippen molar-refractivity contribution < 1.29 is 81.6 Å². The molecular weight excluding hydrogens is 676 g/mol. The van der Waals surface area contributed by atoms with Gasteiger partial charge in [0.25, 0.3) is 0 Å². The van der Waals surface area contributed by atoms with Gasteiger partial charge in [-0.05, 0) is 48.9 Å². The number of nitrogens with zero attached hydrogens (tertiary/aromatic N) is 1. The number of aliphatic carboxylic acids is 1. The van der Waals surface area contributed by atoms with Crippen molar-refractivity contribution >= 4 is 17.7 Å². The zero-order valence-corrected chi connectivity index (χ0v) is 23.9. The molecule has 0 bridgehead atoms. The van der Waals surface area contributed by atoms with E-state index in [0.717, 1.165) is 12.1 Å². The van der Waals surface area contributed by atoms with Gasteiger partial charge in [0.2, 0.25) is 0 Å². The van der Waals surface area contributed by atoms with Gasteiger partial charge in [0, 0.05) is 25.3 Å². The van der Waals surface area contributed by atoms with Crippen LogP contribution in [0.1, 0.15) is 18.1 Å². The van der Waals surface area contributed by atoms with Crippen LogP contribution in [0.25, 0.3) is 0 Å². The zero-order chi connectivity index (χ0) is 35.8. The van der Waals surface area contributed by atoms with Crippen LogP contribution in [-0.4, -0.2) is 85.2 Å². The van der Waals surface area contributed by atoms with Crippen LogP contribution >= 0.6 is 0 Å². The van der Waals surface area contributed by atoms with Crippen molar-refractivity contribution in [3.63, 3.8) is 0 Å². The van der Waals surface area contributed by atoms with E-state index in [4.69, 9.17) is 9.47 Å². The minimum absolute atomic E-state index is 0.0140. The molecule has 2 aromatic carbocycles. The van der Waals surface area contributed by atoms with Crippen LogP contribution in [0.15, 0.2) is 48.5 Å². The summed E-state index contributed by atoms with van der Waals surface area (Å²) in [5.74, 6) is -15.4. The second-order valence-electron chi connectivity index (χ2n) is 9.48. The van der Waals surface area contributed by atoms with Crippen molar-refractivity contribution in [3.05, 3.63) is 59.7 Å². The first-order valence-corrected chi connectivity index (χ1v) is 13.2. The summed E-state index contributed by atoms with van der Waals surface area (Å²) >= 11 is 0. The minimum atomic E-state index is -7.20. The van der Waals surface area contributed by atoms with Crippen molar-refractivity contribution in [2.24, 2.45) is 0 Å². The third kappa shape index (κ3) is 10.3. The summed E-state index contributed by atoms with van der Waals surface area (Å²) in [7, 11) is 0. The Kier molecular flexibility index (Phi) is 12.8. The predicted molar refractivity (Wildman–Crippen MR) is 138 cm³/mol. The number of hydrogen-bond acceptors (Lipinski definition) is 5. The summed E-state index contributed by atoms with van der Waals surface area (Å²) in [5.41, 5.74) is -0.851. The fourth-order valence-corrected chi connectivity index (χ4v) is 3.62. The standard InChI is InChI=1S/C27H26F12N2O6/c1-2-45-20(21(42)43)15-16-3-9-19(10-4-16)46-13-11-41(22(44)40-18-7-5-17(6-8-18)23(28,29)30)12-14-47-27(38,39)25(33,34)24(31,32)26(35,36)37/h3-10,20H,2,11-15H2,1H3,(H,40,44)(H,42,43). The number of carbonyl (C=O) groups is 2. The summed E-state index contributed by atoms with van der Waals surface area (Å²) < 4.78 is 170. The van der Waals surface area contributed by atoms with E-state index in [0.29, 0.717) is 22.6 Å². The maximum Gasteiger partial charge on any atom is 0.460 e. The number of amides is 2. The Morgan fingerprint density at radius 3 is 1.85 bits per heavy atom. The number of anilines is 1. The van der Waals surface area contributed by atoms with E-state index >= 15 is 0 Å². The van der Waals surface area contributed by atoms with Crippen molar-refractivity contribution in [3.8, 4) is 5.75 Å². The Morgan fingerprint density at radius 2 is 1.36 bits per heavy atom. The first kappa shape index (κ1) is 39.2. The average Bonchev–Trinajstić information content (AvgIpc) is 2.95. The SMILES string of the molecule is CCOC(Cc1ccc(OCCN(CCOC(F)(F)C(F)(F)C(F)(F)C(F)(F)F)C(=O)Nc2ccc(C(F)(F)F)cc2)cc1)C(=O)O. The molecule has 0 heterocycles. The lowest BCUT2D eigenvalue weighted by molar-refractivity contribution is -0.443. The summed E-state index contributed by atoms with van der Waals surface area (Å²) in [5, 5.41) is 11.3. The number of urea groups is 1. The van der Waals surface area contributed by atoms with Gasteiger partial charge >= 0.3 is 42.3 Å². The first-order valence-electron chi connectivity index (χ1n) is 13.2. The molecule has 2 amide bonds. The van der Waals surface area contributed by atoms with Crippen LogP contribution < -0.4 is 10.1 Å². The van der Waals surface area contributed by atoms with E-state index in [-0.39, 0.29) is 24.5 Å². The Labute approximate surface area is 258 Å². The first-order chi connectivity index (χ1) is 21.5. The number of carboxylic acid groups (broad SMARTS) is 1. The molecule has 0 radical (unpaired) electrons. The lowest BCUT2D eigenvalue weighted by Gasteiger charge is -2.33. The topological polar surface area (TPSA) is 97.3 Å². The molecule has 2 N–H and O–H groups in total. The number of carboxylic acids is 1. The van der Waals surface area contributed by atoms with Crippen molar-refractivity contribution in [2.75, 3.05) is 38.2 Å². The highest BCUT2D eigenvalue weighted by molar-refractivity contribution is 5.89. The van der Waals surface area contributed by atoms with Crippen LogP contribution in [0.2, 0.25) is 0 Å². The van der Waals surface area contributed by atoms with Gasteiger partial charge in [-0.25, -0.2) is 9.59 Å². The molecule has 264 valence electrons. The van der Waals surface area contributed by atoms with Crippen molar-refractivity contribution in [1.29, 1.82) is 0 Å². The van der Waals surface area contributed by atoms with Crippen LogP contribution in [0.4, 0.5) is 63.2 Å².